The molecule has 4 nitrogen and oxygen atoms in total. The molecule has 0 aromatic carbocycles. The summed E-state index contributed by atoms with van der Waals surface area (Å²) in [6.45, 7) is 13.8. The molecule has 114 valence electrons. The van der Waals surface area contributed by atoms with Crippen molar-refractivity contribution in [1.82, 2.24) is 14.8 Å². The third kappa shape index (κ3) is 4.93. The van der Waals surface area contributed by atoms with Crippen LogP contribution < -0.4 is 5.32 Å². The van der Waals surface area contributed by atoms with E-state index in [2.05, 4.69) is 54.0 Å². The second kappa shape index (κ2) is 7.81. The van der Waals surface area contributed by atoms with Crippen molar-refractivity contribution in [3.05, 3.63) is 24.0 Å². The zero-order valence-corrected chi connectivity index (χ0v) is 13.1. The van der Waals surface area contributed by atoms with Crippen LogP contribution in [0.3, 0.4) is 0 Å². The highest BCUT2D eigenvalue weighted by Gasteiger charge is 2.19. The van der Waals surface area contributed by atoms with Crippen molar-refractivity contribution in [3.63, 3.8) is 0 Å². The Balaban J connectivity index is 1.77. The van der Waals surface area contributed by atoms with Crippen LogP contribution in [0.25, 0.3) is 0 Å². The lowest BCUT2D eigenvalue weighted by molar-refractivity contribution is -0.0342. The molecule has 1 aliphatic heterocycles. The molecule has 1 aromatic rings. The Labute approximate surface area is 123 Å². The Morgan fingerprint density at radius 2 is 2.30 bits per heavy atom. The largest absolute Gasteiger partial charge is 0.374 e. The highest BCUT2D eigenvalue weighted by Crippen LogP contribution is 2.09. The zero-order chi connectivity index (χ0) is 14.4. The van der Waals surface area contributed by atoms with Gasteiger partial charge in [-0.25, -0.2) is 0 Å². The third-order valence-electron chi connectivity index (χ3n) is 3.78. The molecule has 1 N–H and O–H groups in total. The summed E-state index contributed by atoms with van der Waals surface area (Å²) in [4.78, 5) is 2.46. The molecular weight excluding hydrogens is 250 g/mol. The van der Waals surface area contributed by atoms with E-state index in [1.807, 2.05) is 0 Å². The molecular formula is C16H29N3O. The standard InChI is InChI=1S/C16H29N3O/c1-4-18-7-8-20-16(12-18)13-19-6-5-15(11-19)10-17-9-14(2)3/h5-6,11,14,16-17H,4,7-10,12-13H2,1-3H3. The Bertz CT molecular complexity index is 389. The van der Waals surface area contributed by atoms with Gasteiger partial charge in [0.25, 0.3) is 0 Å². The number of hydrogen-bond acceptors (Lipinski definition) is 3. The van der Waals surface area contributed by atoms with Crippen LogP contribution in [0, 0.1) is 5.92 Å². The molecule has 1 atom stereocenters. The molecule has 1 saturated heterocycles. The summed E-state index contributed by atoms with van der Waals surface area (Å²) >= 11 is 0. The van der Waals surface area contributed by atoms with Gasteiger partial charge in [-0.15, -0.1) is 0 Å². The van der Waals surface area contributed by atoms with Gasteiger partial charge in [0, 0.05) is 38.6 Å². The first-order valence-electron chi connectivity index (χ1n) is 7.86. The minimum Gasteiger partial charge on any atom is -0.374 e. The summed E-state index contributed by atoms with van der Waals surface area (Å²) in [6.07, 6.45) is 4.73. The number of ether oxygens (including phenoxy) is 1. The lowest BCUT2D eigenvalue weighted by Gasteiger charge is -2.32. The maximum atomic E-state index is 5.86. The van der Waals surface area contributed by atoms with E-state index < -0.39 is 0 Å². The molecule has 1 aliphatic rings. The summed E-state index contributed by atoms with van der Waals surface area (Å²) in [7, 11) is 0. The van der Waals surface area contributed by atoms with Gasteiger partial charge in [0.05, 0.1) is 12.7 Å². The molecule has 20 heavy (non-hydrogen) atoms. The van der Waals surface area contributed by atoms with Crippen molar-refractivity contribution in [2.75, 3.05) is 32.8 Å². The number of morpholine rings is 1. The maximum Gasteiger partial charge on any atom is 0.0880 e. The summed E-state index contributed by atoms with van der Waals surface area (Å²) in [5.74, 6) is 0.702. The number of rotatable bonds is 7. The second-order valence-corrected chi connectivity index (χ2v) is 6.13. The fourth-order valence-corrected chi connectivity index (χ4v) is 2.63. The number of likely N-dealkylation sites (N-methyl/N-ethyl adjacent to an activating group) is 1. The Morgan fingerprint density at radius 1 is 1.45 bits per heavy atom. The van der Waals surface area contributed by atoms with E-state index >= 15 is 0 Å². The van der Waals surface area contributed by atoms with Crippen molar-refractivity contribution >= 4 is 0 Å². The molecule has 0 radical (unpaired) electrons. The van der Waals surface area contributed by atoms with Gasteiger partial charge in [-0.1, -0.05) is 20.8 Å². The van der Waals surface area contributed by atoms with Crippen LogP contribution in [0.1, 0.15) is 26.3 Å². The van der Waals surface area contributed by atoms with Gasteiger partial charge in [0.1, 0.15) is 0 Å². The molecule has 0 saturated carbocycles. The average Bonchev–Trinajstić information content (AvgIpc) is 2.86. The Morgan fingerprint density at radius 3 is 3.05 bits per heavy atom. The topological polar surface area (TPSA) is 29.4 Å². The summed E-state index contributed by atoms with van der Waals surface area (Å²) in [6, 6.07) is 2.20. The van der Waals surface area contributed by atoms with Crippen LogP contribution in [0.2, 0.25) is 0 Å². The molecule has 0 bridgehead atoms. The summed E-state index contributed by atoms with van der Waals surface area (Å²) < 4.78 is 8.12. The van der Waals surface area contributed by atoms with Gasteiger partial charge in [0.2, 0.25) is 0 Å². The molecule has 4 heteroatoms. The van der Waals surface area contributed by atoms with Crippen LogP contribution in [-0.2, 0) is 17.8 Å². The van der Waals surface area contributed by atoms with Crippen LogP contribution >= 0.6 is 0 Å². The predicted octanol–water partition coefficient (Wildman–Crippen LogP) is 1.95. The van der Waals surface area contributed by atoms with Crippen molar-refractivity contribution in [2.45, 2.75) is 40.0 Å². The minimum atomic E-state index is 0.326. The fourth-order valence-electron chi connectivity index (χ4n) is 2.63. The monoisotopic (exact) mass is 279 g/mol. The van der Waals surface area contributed by atoms with Crippen LogP contribution in [-0.4, -0.2) is 48.4 Å². The number of hydrogen-bond donors (Lipinski definition) is 1. The number of nitrogens with one attached hydrogen (secondary N) is 1. The third-order valence-corrected chi connectivity index (χ3v) is 3.78. The molecule has 1 unspecified atom stereocenters. The normalized spacial score (nSPS) is 20.7. The highest BCUT2D eigenvalue weighted by molar-refractivity contribution is 5.10. The van der Waals surface area contributed by atoms with E-state index in [1.165, 1.54) is 5.56 Å². The molecule has 2 rings (SSSR count). The average molecular weight is 279 g/mol. The van der Waals surface area contributed by atoms with Crippen molar-refractivity contribution in [3.8, 4) is 0 Å². The van der Waals surface area contributed by atoms with E-state index in [0.717, 1.165) is 45.9 Å². The van der Waals surface area contributed by atoms with Gasteiger partial charge in [-0.05, 0) is 30.6 Å². The van der Waals surface area contributed by atoms with Crippen molar-refractivity contribution < 1.29 is 4.74 Å². The Hall–Kier alpha value is -0.840. The lowest BCUT2D eigenvalue weighted by Crippen LogP contribution is -2.43. The zero-order valence-electron chi connectivity index (χ0n) is 13.1. The van der Waals surface area contributed by atoms with Crippen LogP contribution in [0.5, 0.6) is 0 Å². The Kier molecular flexibility index (Phi) is 6.07. The van der Waals surface area contributed by atoms with Crippen LogP contribution in [0.15, 0.2) is 18.5 Å². The van der Waals surface area contributed by atoms with E-state index in [1.54, 1.807) is 0 Å². The summed E-state index contributed by atoms with van der Waals surface area (Å²) in [5, 5.41) is 3.48. The lowest BCUT2D eigenvalue weighted by atomic mass is 10.2. The molecule has 1 fully saturated rings. The SMILES string of the molecule is CCN1CCOC(Cn2ccc(CNCC(C)C)c2)C1. The molecule has 2 heterocycles. The van der Waals surface area contributed by atoms with E-state index in [4.69, 9.17) is 4.74 Å². The van der Waals surface area contributed by atoms with Gasteiger partial charge in [-0.3, -0.25) is 4.90 Å². The van der Waals surface area contributed by atoms with E-state index in [0.29, 0.717) is 12.0 Å². The van der Waals surface area contributed by atoms with Crippen molar-refractivity contribution in [2.24, 2.45) is 5.92 Å². The number of aromatic nitrogens is 1. The first kappa shape index (κ1) is 15.5. The molecule has 0 amide bonds. The van der Waals surface area contributed by atoms with Gasteiger partial charge in [0.15, 0.2) is 0 Å². The fraction of sp³-hybridized carbons (Fsp3) is 0.750. The second-order valence-electron chi connectivity index (χ2n) is 6.13. The van der Waals surface area contributed by atoms with E-state index in [9.17, 15) is 0 Å². The predicted molar refractivity (Wildman–Crippen MR) is 82.8 cm³/mol. The van der Waals surface area contributed by atoms with Gasteiger partial charge < -0.3 is 14.6 Å². The van der Waals surface area contributed by atoms with Gasteiger partial charge in [-0.2, -0.15) is 0 Å². The quantitative estimate of drug-likeness (QED) is 0.827. The summed E-state index contributed by atoms with van der Waals surface area (Å²) in [5.41, 5.74) is 1.36. The molecule has 1 aromatic heterocycles. The number of nitrogens with zero attached hydrogens (tertiary/aromatic N) is 2. The van der Waals surface area contributed by atoms with Crippen molar-refractivity contribution in [1.29, 1.82) is 0 Å². The highest BCUT2D eigenvalue weighted by atomic mass is 16.5. The van der Waals surface area contributed by atoms with Crippen LogP contribution in [0.4, 0.5) is 0 Å². The van der Waals surface area contributed by atoms with E-state index in [-0.39, 0.29) is 0 Å². The minimum absolute atomic E-state index is 0.326. The molecule has 0 aliphatic carbocycles. The van der Waals surface area contributed by atoms with Gasteiger partial charge >= 0.3 is 0 Å². The smallest absolute Gasteiger partial charge is 0.0880 e. The first-order chi connectivity index (χ1) is 9.67. The maximum absolute atomic E-state index is 5.86. The first-order valence-corrected chi connectivity index (χ1v) is 7.86. The molecule has 0 spiro atoms.